The number of hydrogen-bond donors (Lipinski definition) is 1. The van der Waals surface area contributed by atoms with Gasteiger partial charge < -0.3 is 10.1 Å². The number of rotatable bonds is 9. The molecule has 0 atom stereocenters. The summed E-state index contributed by atoms with van der Waals surface area (Å²) >= 11 is 11.9. The van der Waals surface area contributed by atoms with E-state index < -0.39 is 0 Å². The third kappa shape index (κ3) is 7.66. The molecule has 0 aliphatic heterocycles. The van der Waals surface area contributed by atoms with Gasteiger partial charge >= 0.3 is 0 Å². The highest BCUT2D eigenvalue weighted by Crippen LogP contribution is 2.27. The van der Waals surface area contributed by atoms with Crippen LogP contribution in [-0.2, 0) is 0 Å². The summed E-state index contributed by atoms with van der Waals surface area (Å²) in [5.41, 5.74) is 0. The van der Waals surface area contributed by atoms with Crippen LogP contribution in [0.1, 0.15) is 33.1 Å². The minimum Gasteiger partial charge on any atom is -0.492 e. The first-order chi connectivity index (χ1) is 9.09. The van der Waals surface area contributed by atoms with Crippen LogP contribution in [-0.4, -0.2) is 19.7 Å². The molecule has 0 aromatic heterocycles. The van der Waals surface area contributed by atoms with Crippen molar-refractivity contribution in [3.05, 3.63) is 28.2 Å². The third-order valence-corrected chi connectivity index (χ3v) is 3.25. The highest BCUT2D eigenvalue weighted by molar-refractivity contribution is 6.34. The molecule has 1 N–H and O–H groups in total. The lowest BCUT2D eigenvalue weighted by Gasteiger charge is -2.09. The quantitative estimate of drug-likeness (QED) is 0.662. The summed E-state index contributed by atoms with van der Waals surface area (Å²) in [7, 11) is 0. The van der Waals surface area contributed by atoms with E-state index in [2.05, 4.69) is 19.2 Å². The second kappa shape index (κ2) is 9.46. The minimum absolute atomic E-state index is 0.614. The number of halogens is 2. The van der Waals surface area contributed by atoms with E-state index in [1.165, 1.54) is 6.42 Å². The van der Waals surface area contributed by atoms with Crippen molar-refractivity contribution in [3.8, 4) is 5.75 Å². The number of ether oxygens (including phenoxy) is 1. The molecule has 4 heteroatoms. The van der Waals surface area contributed by atoms with E-state index in [1.54, 1.807) is 18.2 Å². The predicted molar refractivity (Wildman–Crippen MR) is 83.5 cm³/mol. The zero-order valence-electron chi connectivity index (χ0n) is 11.7. The third-order valence-electron chi connectivity index (χ3n) is 2.70. The molecule has 0 spiro atoms. The fraction of sp³-hybridized carbons (Fsp3) is 0.600. The normalized spacial score (nSPS) is 11.0. The molecular weight excluding hydrogens is 281 g/mol. The van der Waals surface area contributed by atoms with E-state index in [1.807, 2.05) is 0 Å². The lowest BCUT2D eigenvalue weighted by atomic mass is 10.2. The van der Waals surface area contributed by atoms with Crippen LogP contribution < -0.4 is 10.1 Å². The summed E-state index contributed by atoms with van der Waals surface area (Å²) < 4.78 is 5.63. The van der Waals surface area contributed by atoms with E-state index in [9.17, 15) is 0 Å². The zero-order valence-corrected chi connectivity index (χ0v) is 13.2. The molecule has 1 aromatic carbocycles. The van der Waals surface area contributed by atoms with Gasteiger partial charge in [-0.3, -0.25) is 0 Å². The fourth-order valence-corrected chi connectivity index (χ4v) is 2.02. The Kier molecular flexibility index (Phi) is 8.27. The van der Waals surface area contributed by atoms with Crippen LogP contribution in [0, 0.1) is 5.92 Å². The van der Waals surface area contributed by atoms with Gasteiger partial charge in [0.05, 0.1) is 11.6 Å². The summed E-state index contributed by atoms with van der Waals surface area (Å²) in [6.45, 7) is 7.29. The van der Waals surface area contributed by atoms with Gasteiger partial charge in [-0.15, -0.1) is 0 Å². The van der Waals surface area contributed by atoms with Crippen LogP contribution >= 0.6 is 23.2 Å². The van der Waals surface area contributed by atoms with Gasteiger partial charge in [-0.05, 0) is 50.4 Å². The summed E-state index contributed by atoms with van der Waals surface area (Å²) in [6.07, 6.45) is 3.37. The molecule has 2 nitrogen and oxygen atoms in total. The molecule has 1 rings (SSSR count). The first kappa shape index (κ1) is 16.6. The molecule has 0 amide bonds. The van der Waals surface area contributed by atoms with Gasteiger partial charge in [-0.1, -0.05) is 37.0 Å². The zero-order chi connectivity index (χ0) is 14.1. The van der Waals surface area contributed by atoms with Crippen LogP contribution in [0.25, 0.3) is 0 Å². The summed E-state index contributed by atoms with van der Waals surface area (Å²) in [4.78, 5) is 0. The van der Waals surface area contributed by atoms with Gasteiger partial charge in [0.25, 0.3) is 0 Å². The first-order valence-electron chi connectivity index (χ1n) is 6.88. The molecule has 0 bridgehead atoms. The summed E-state index contributed by atoms with van der Waals surface area (Å²) in [5, 5.41) is 4.69. The molecule has 0 aliphatic carbocycles. The van der Waals surface area contributed by atoms with Gasteiger partial charge in [0.1, 0.15) is 5.75 Å². The van der Waals surface area contributed by atoms with E-state index in [4.69, 9.17) is 27.9 Å². The molecule has 0 unspecified atom stereocenters. The highest BCUT2D eigenvalue weighted by Gasteiger charge is 2.02. The number of unbranched alkanes of at least 4 members (excludes halogenated alkanes) is 2. The topological polar surface area (TPSA) is 21.3 Å². The lowest BCUT2D eigenvalue weighted by molar-refractivity contribution is 0.305. The Morgan fingerprint density at radius 1 is 1.16 bits per heavy atom. The molecule has 0 heterocycles. The maximum atomic E-state index is 6.01. The average Bonchev–Trinajstić information content (AvgIpc) is 2.36. The van der Waals surface area contributed by atoms with Crippen LogP contribution in [0.15, 0.2) is 18.2 Å². The fourth-order valence-electron chi connectivity index (χ4n) is 1.69. The maximum absolute atomic E-state index is 6.01. The Balaban J connectivity index is 2.06. The minimum atomic E-state index is 0.614. The molecule has 19 heavy (non-hydrogen) atoms. The number of benzene rings is 1. The standard InChI is InChI=1S/C15H23Cl2NO/c1-12(2)11-18-8-4-3-5-9-19-15-10-13(16)6-7-14(15)17/h6-7,10,12,18H,3-5,8-9,11H2,1-2H3. The van der Waals surface area contributed by atoms with Crippen molar-refractivity contribution in [1.29, 1.82) is 0 Å². The lowest BCUT2D eigenvalue weighted by Crippen LogP contribution is -2.20. The second-order valence-corrected chi connectivity index (χ2v) is 5.93. The van der Waals surface area contributed by atoms with Gasteiger partial charge in [-0.25, -0.2) is 0 Å². The Bertz CT molecular complexity index is 369. The van der Waals surface area contributed by atoms with Crippen molar-refractivity contribution in [3.63, 3.8) is 0 Å². The highest BCUT2D eigenvalue weighted by atomic mass is 35.5. The first-order valence-corrected chi connectivity index (χ1v) is 7.63. The SMILES string of the molecule is CC(C)CNCCCCCOc1cc(Cl)ccc1Cl. The Morgan fingerprint density at radius 2 is 1.95 bits per heavy atom. The molecule has 0 fully saturated rings. The molecule has 1 aromatic rings. The molecule has 108 valence electrons. The van der Waals surface area contributed by atoms with E-state index in [0.29, 0.717) is 28.3 Å². The number of nitrogens with one attached hydrogen (secondary N) is 1. The van der Waals surface area contributed by atoms with Crippen LogP contribution in [0.2, 0.25) is 10.0 Å². The van der Waals surface area contributed by atoms with Crippen molar-refractivity contribution in [2.24, 2.45) is 5.92 Å². The molecular formula is C15H23Cl2NO. The van der Waals surface area contributed by atoms with Crippen molar-refractivity contribution in [1.82, 2.24) is 5.32 Å². The predicted octanol–water partition coefficient (Wildman–Crippen LogP) is 4.79. The Morgan fingerprint density at radius 3 is 2.68 bits per heavy atom. The number of hydrogen-bond acceptors (Lipinski definition) is 2. The summed E-state index contributed by atoms with van der Waals surface area (Å²) in [5.74, 6) is 1.39. The van der Waals surface area contributed by atoms with Crippen LogP contribution in [0.5, 0.6) is 5.75 Å². The van der Waals surface area contributed by atoms with Crippen LogP contribution in [0.3, 0.4) is 0 Å². The van der Waals surface area contributed by atoms with Crippen molar-refractivity contribution in [2.45, 2.75) is 33.1 Å². The second-order valence-electron chi connectivity index (χ2n) is 5.08. The van der Waals surface area contributed by atoms with E-state index in [0.717, 1.165) is 25.9 Å². The average molecular weight is 304 g/mol. The smallest absolute Gasteiger partial charge is 0.139 e. The van der Waals surface area contributed by atoms with E-state index >= 15 is 0 Å². The monoisotopic (exact) mass is 303 g/mol. The van der Waals surface area contributed by atoms with Gasteiger partial charge in [0.2, 0.25) is 0 Å². The van der Waals surface area contributed by atoms with Gasteiger partial charge in [-0.2, -0.15) is 0 Å². The van der Waals surface area contributed by atoms with Crippen molar-refractivity contribution < 1.29 is 4.74 Å². The molecule has 0 saturated heterocycles. The van der Waals surface area contributed by atoms with E-state index in [-0.39, 0.29) is 0 Å². The Labute approximate surface area is 126 Å². The van der Waals surface area contributed by atoms with Crippen molar-refractivity contribution in [2.75, 3.05) is 19.7 Å². The van der Waals surface area contributed by atoms with Crippen molar-refractivity contribution >= 4 is 23.2 Å². The van der Waals surface area contributed by atoms with Crippen LogP contribution in [0.4, 0.5) is 0 Å². The largest absolute Gasteiger partial charge is 0.492 e. The molecule has 0 radical (unpaired) electrons. The maximum Gasteiger partial charge on any atom is 0.139 e. The van der Waals surface area contributed by atoms with Gasteiger partial charge in [0, 0.05) is 11.1 Å². The summed E-state index contributed by atoms with van der Waals surface area (Å²) in [6, 6.07) is 5.28. The van der Waals surface area contributed by atoms with Gasteiger partial charge in [0.15, 0.2) is 0 Å². The molecule has 0 aliphatic rings. The molecule has 0 saturated carbocycles. The Hall–Kier alpha value is -0.440.